The summed E-state index contributed by atoms with van der Waals surface area (Å²) in [6.45, 7) is 8.33. The minimum Gasteiger partial charge on any atom is -0.493 e. The van der Waals surface area contributed by atoms with Crippen molar-refractivity contribution in [2.45, 2.75) is 39.3 Å². The molecule has 4 rings (SSSR count). The zero-order chi connectivity index (χ0) is 15.1. The van der Waals surface area contributed by atoms with Crippen LogP contribution in [0.3, 0.4) is 0 Å². The lowest BCUT2D eigenvalue weighted by atomic mass is 10.0. The van der Waals surface area contributed by atoms with Crippen molar-refractivity contribution < 1.29 is 4.74 Å². The highest BCUT2D eigenvalue weighted by molar-refractivity contribution is 5.41. The number of aromatic nitrogens is 2. The first-order chi connectivity index (χ1) is 10.7. The molecule has 0 N–H and O–H groups in total. The smallest absolute Gasteiger partial charge is 0.122 e. The molecule has 3 heterocycles. The van der Waals surface area contributed by atoms with Crippen molar-refractivity contribution in [1.82, 2.24) is 14.7 Å². The molecule has 4 heteroatoms. The van der Waals surface area contributed by atoms with Crippen molar-refractivity contribution in [3.63, 3.8) is 0 Å². The van der Waals surface area contributed by atoms with Crippen LogP contribution >= 0.6 is 0 Å². The summed E-state index contributed by atoms with van der Waals surface area (Å²) in [6.07, 6.45) is 2.13. The van der Waals surface area contributed by atoms with Crippen LogP contribution in [0.15, 0.2) is 24.3 Å². The number of ether oxygens (including phenoxy) is 1. The van der Waals surface area contributed by atoms with Gasteiger partial charge in [-0.15, -0.1) is 0 Å². The van der Waals surface area contributed by atoms with Gasteiger partial charge >= 0.3 is 0 Å². The van der Waals surface area contributed by atoms with Crippen LogP contribution < -0.4 is 4.74 Å². The molecule has 2 aliphatic rings. The van der Waals surface area contributed by atoms with Gasteiger partial charge in [0, 0.05) is 37.7 Å². The first kappa shape index (κ1) is 13.8. The van der Waals surface area contributed by atoms with Crippen LogP contribution in [0.4, 0.5) is 0 Å². The summed E-state index contributed by atoms with van der Waals surface area (Å²) >= 11 is 0. The fourth-order valence-corrected chi connectivity index (χ4v) is 3.63. The molecule has 1 aromatic heterocycles. The average Bonchev–Trinajstić information content (AvgIpc) is 3.07. The molecular formula is C18H23N3O. The maximum atomic E-state index is 5.72. The van der Waals surface area contributed by atoms with Gasteiger partial charge < -0.3 is 4.74 Å². The molecule has 0 spiro atoms. The number of aryl methyl sites for hydroxylation is 1. The summed E-state index contributed by atoms with van der Waals surface area (Å²) in [4.78, 5) is 2.56. The number of hydrogen-bond acceptors (Lipinski definition) is 3. The molecule has 1 aromatic carbocycles. The molecule has 4 nitrogen and oxygen atoms in total. The molecule has 0 radical (unpaired) electrons. The highest BCUT2D eigenvalue weighted by Crippen LogP contribution is 2.31. The van der Waals surface area contributed by atoms with E-state index in [1.165, 1.54) is 16.8 Å². The van der Waals surface area contributed by atoms with E-state index in [1.807, 2.05) is 0 Å². The van der Waals surface area contributed by atoms with Crippen LogP contribution in [0.2, 0.25) is 0 Å². The molecule has 0 fully saturated rings. The maximum Gasteiger partial charge on any atom is 0.122 e. The van der Waals surface area contributed by atoms with Crippen LogP contribution in [0.5, 0.6) is 5.75 Å². The molecule has 0 saturated carbocycles. The second kappa shape index (κ2) is 5.43. The number of hydrogen-bond donors (Lipinski definition) is 0. The van der Waals surface area contributed by atoms with Crippen LogP contribution in [0, 0.1) is 6.92 Å². The van der Waals surface area contributed by atoms with Crippen molar-refractivity contribution >= 4 is 0 Å². The van der Waals surface area contributed by atoms with Gasteiger partial charge in [-0.3, -0.25) is 9.58 Å². The van der Waals surface area contributed by atoms with Crippen LogP contribution in [-0.2, 0) is 19.4 Å². The standard InChI is InChI=1S/C18H23N3O/c1-13-11-17-5-7-20(8-9-21(17)19-13)14(2)16-4-3-15-6-10-22-18(15)12-16/h3-4,11-12,14H,5-10H2,1-2H3. The first-order valence-corrected chi connectivity index (χ1v) is 8.24. The SMILES string of the molecule is Cc1cc2n(n1)CCN(C(C)c1ccc3c(c1)OCC3)CC2. The Labute approximate surface area is 131 Å². The van der Waals surface area contributed by atoms with Gasteiger partial charge in [-0.05, 0) is 37.1 Å². The Hall–Kier alpha value is -1.81. The minimum atomic E-state index is 0.417. The van der Waals surface area contributed by atoms with Crippen molar-refractivity contribution in [3.05, 3.63) is 46.8 Å². The summed E-state index contributed by atoms with van der Waals surface area (Å²) in [5.74, 6) is 1.09. The van der Waals surface area contributed by atoms with E-state index in [4.69, 9.17) is 4.74 Å². The predicted octanol–water partition coefficient (Wildman–Crippen LogP) is 2.75. The molecule has 116 valence electrons. The lowest BCUT2D eigenvalue weighted by Gasteiger charge is -2.28. The van der Waals surface area contributed by atoms with Crippen LogP contribution in [-0.4, -0.2) is 34.4 Å². The van der Waals surface area contributed by atoms with Crippen molar-refractivity contribution in [1.29, 1.82) is 0 Å². The molecule has 2 aliphatic heterocycles. The Morgan fingerprint density at radius 3 is 2.95 bits per heavy atom. The Bertz CT molecular complexity index is 666. The predicted molar refractivity (Wildman–Crippen MR) is 86.3 cm³/mol. The van der Waals surface area contributed by atoms with E-state index in [0.717, 1.165) is 50.5 Å². The van der Waals surface area contributed by atoms with Crippen molar-refractivity contribution in [3.8, 4) is 5.75 Å². The molecule has 0 aliphatic carbocycles. The normalized spacial score (nSPS) is 19.2. The summed E-state index contributed by atoms with van der Waals surface area (Å²) in [5.41, 5.74) is 5.20. The maximum absolute atomic E-state index is 5.72. The third kappa shape index (κ3) is 2.41. The van der Waals surface area contributed by atoms with E-state index >= 15 is 0 Å². The number of fused-ring (bicyclic) bond motifs is 2. The van der Waals surface area contributed by atoms with Gasteiger partial charge in [0.15, 0.2) is 0 Å². The first-order valence-electron chi connectivity index (χ1n) is 8.24. The average molecular weight is 297 g/mol. The van der Waals surface area contributed by atoms with E-state index in [9.17, 15) is 0 Å². The van der Waals surface area contributed by atoms with Crippen LogP contribution in [0.25, 0.3) is 0 Å². The van der Waals surface area contributed by atoms with E-state index in [2.05, 4.69) is 52.8 Å². The summed E-state index contributed by atoms with van der Waals surface area (Å²) in [6, 6.07) is 9.38. The Morgan fingerprint density at radius 2 is 2.05 bits per heavy atom. The molecule has 0 amide bonds. The topological polar surface area (TPSA) is 30.3 Å². The highest BCUT2D eigenvalue weighted by Gasteiger charge is 2.22. The second-order valence-electron chi connectivity index (χ2n) is 6.43. The Morgan fingerprint density at radius 1 is 1.14 bits per heavy atom. The lowest BCUT2D eigenvalue weighted by Crippen LogP contribution is -2.30. The molecule has 0 bridgehead atoms. The van der Waals surface area contributed by atoms with E-state index in [-0.39, 0.29) is 0 Å². The quantitative estimate of drug-likeness (QED) is 0.854. The molecule has 2 aromatic rings. The summed E-state index contributed by atoms with van der Waals surface area (Å²) < 4.78 is 7.89. The second-order valence-corrected chi connectivity index (χ2v) is 6.43. The third-order valence-electron chi connectivity index (χ3n) is 4.99. The van der Waals surface area contributed by atoms with Gasteiger partial charge in [-0.25, -0.2) is 0 Å². The lowest BCUT2D eigenvalue weighted by molar-refractivity contribution is 0.213. The van der Waals surface area contributed by atoms with E-state index < -0.39 is 0 Å². The van der Waals surface area contributed by atoms with Crippen molar-refractivity contribution in [2.75, 3.05) is 19.7 Å². The van der Waals surface area contributed by atoms with Crippen LogP contribution in [0.1, 0.15) is 35.5 Å². The zero-order valence-electron chi connectivity index (χ0n) is 13.4. The van der Waals surface area contributed by atoms with Gasteiger partial charge in [0.25, 0.3) is 0 Å². The monoisotopic (exact) mass is 297 g/mol. The van der Waals surface area contributed by atoms with Gasteiger partial charge in [0.2, 0.25) is 0 Å². The number of nitrogens with zero attached hydrogens (tertiary/aromatic N) is 3. The number of benzene rings is 1. The molecular weight excluding hydrogens is 274 g/mol. The molecule has 1 atom stereocenters. The van der Waals surface area contributed by atoms with Gasteiger partial charge in [0.05, 0.1) is 18.8 Å². The summed E-state index contributed by atoms with van der Waals surface area (Å²) in [5, 5.41) is 4.59. The summed E-state index contributed by atoms with van der Waals surface area (Å²) in [7, 11) is 0. The largest absolute Gasteiger partial charge is 0.493 e. The Kier molecular flexibility index (Phi) is 3.41. The third-order valence-corrected chi connectivity index (χ3v) is 4.99. The van der Waals surface area contributed by atoms with Gasteiger partial charge in [0.1, 0.15) is 5.75 Å². The van der Waals surface area contributed by atoms with E-state index in [1.54, 1.807) is 0 Å². The Balaban J connectivity index is 1.51. The molecule has 0 saturated heterocycles. The zero-order valence-corrected chi connectivity index (χ0v) is 13.4. The molecule has 1 unspecified atom stereocenters. The highest BCUT2D eigenvalue weighted by atomic mass is 16.5. The molecule has 22 heavy (non-hydrogen) atoms. The fourth-order valence-electron chi connectivity index (χ4n) is 3.63. The number of rotatable bonds is 2. The van der Waals surface area contributed by atoms with Gasteiger partial charge in [-0.1, -0.05) is 12.1 Å². The van der Waals surface area contributed by atoms with Crippen molar-refractivity contribution in [2.24, 2.45) is 0 Å². The van der Waals surface area contributed by atoms with E-state index in [0.29, 0.717) is 6.04 Å². The minimum absolute atomic E-state index is 0.417. The fraction of sp³-hybridized carbons (Fsp3) is 0.500. The van der Waals surface area contributed by atoms with Gasteiger partial charge in [-0.2, -0.15) is 5.10 Å².